The Hall–Kier alpha value is -4.15. The van der Waals surface area contributed by atoms with E-state index < -0.39 is 11.4 Å². The van der Waals surface area contributed by atoms with Crippen LogP contribution < -0.4 is 16.2 Å². The molecule has 1 saturated carbocycles. The number of hydrogen-bond donors (Lipinski definition) is 2. The first-order valence-corrected chi connectivity index (χ1v) is 13.6. The Bertz CT molecular complexity index is 1840. The topological polar surface area (TPSA) is 103 Å². The number of fused-ring (bicyclic) bond motifs is 3. The van der Waals surface area contributed by atoms with Crippen molar-refractivity contribution in [2.45, 2.75) is 44.7 Å². The summed E-state index contributed by atoms with van der Waals surface area (Å²) < 4.78 is 17.6. The lowest BCUT2D eigenvalue weighted by Gasteiger charge is -2.26. The van der Waals surface area contributed by atoms with E-state index in [0.29, 0.717) is 22.7 Å². The van der Waals surface area contributed by atoms with Crippen LogP contribution in [0.2, 0.25) is 5.02 Å². The van der Waals surface area contributed by atoms with Crippen LogP contribution in [0.1, 0.15) is 43.9 Å². The Labute approximate surface area is 234 Å². The Morgan fingerprint density at radius 1 is 1.18 bits per heavy atom. The number of para-hydroxylation sites is 1. The van der Waals surface area contributed by atoms with E-state index in [4.69, 9.17) is 16.6 Å². The van der Waals surface area contributed by atoms with Crippen molar-refractivity contribution in [2.24, 2.45) is 0 Å². The molecule has 1 aliphatic carbocycles. The van der Waals surface area contributed by atoms with Gasteiger partial charge in [0.25, 0.3) is 5.56 Å². The predicted octanol–water partition coefficient (Wildman–Crippen LogP) is 5.29. The highest BCUT2D eigenvalue weighted by molar-refractivity contribution is 6.32. The Balaban J connectivity index is 1.36. The fourth-order valence-electron chi connectivity index (χ4n) is 5.46. The monoisotopic (exact) mass is 556 g/mol. The molecule has 1 aliphatic heterocycles. The van der Waals surface area contributed by atoms with Gasteiger partial charge in [0.2, 0.25) is 5.95 Å². The third-order valence-corrected chi connectivity index (χ3v) is 8.06. The molecular formula is C29H26ClFN8O. The lowest BCUT2D eigenvalue weighted by atomic mass is 9.88. The second kappa shape index (κ2) is 9.21. The lowest BCUT2D eigenvalue weighted by Crippen LogP contribution is -2.33. The number of anilines is 2. The summed E-state index contributed by atoms with van der Waals surface area (Å²) in [5.41, 5.74) is 4.41. The molecule has 0 amide bonds. The molecule has 0 unspecified atom stereocenters. The van der Waals surface area contributed by atoms with Gasteiger partial charge in [0.15, 0.2) is 5.82 Å². The number of hydrogen-bond acceptors (Lipinski definition) is 7. The Kier molecular flexibility index (Phi) is 5.72. The molecule has 11 heteroatoms. The molecule has 9 nitrogen and oxygen atoms in total. The van der Waals surface area contributed by atoms with E-state index in [1.165, 1.54) is 48.4 Å². The van der Waals surface area contributed by atoms with Crippen molar-refractivity contribution in [3.8, 4) is 16.9 Å². The number of halogens is 2. The maximum Gasteiger partial charge on any atom is 0.282 e. The minimum atomic E-state index is -0.667. The molecule has 1 fully saturated rings. The van der Waals surface area contributed by atoms with Gasteiger partial charge in [-0.1, -0.05) is 23.7 Å². The smallest absolute Gasteiger partial charge is 0.282 e. The average molecular weight is 557 g/mol. The maximum absolute atomic E-state index is 14.9. The molecule has 5 aromatic rings. The number of rotatable bonds is 5. The number of nitrogens with one attached hydrogen (secondary N) is 2. The van der Waals surface area contributed by atoms with Crippen LogP contribution in [0.4, 0.5) is 16.0 Å². The van der Waals surface area contributed by atoms with E-state index in [1.54, 1.807) is 10.9 Å². The number of aromatic nitrogens is 6. The molecule has 40 heavy (non-hydrogen) atoms. The van der Waals surface area contributed by atoms with E-state index in [9.17, 15) is 9.18 Å². The highest BCUT2D eigenvalue weighted by Gasteiger charge is 2.46. The summed E-state index contributed by atoms with van der Waals surface area (Å²) >= 11 is 6.32. The highest BCUT2D eigenvalue weighted by Crippen LogP contribution is 2.50. The normalized spacial score (nSPS) is 15.5. The van der Waals surface area contributed by atoms with Crippen molar-refractivity contribution in [2.75, 3.05) is 11.9 Å². The van der Waals surface area contributed by atoms with E-state index in [0.717, 1.165) is 23.5 Å². The zero-order valence-corrected chi connectivity index (χ0v) is 22.7. The molecule has 2 aliphatic rings. The second-order valence-corrected chi connectivity index (χ2v) is 11.2. The zero-order chi connectivity index (χ0) is 27.6. The molecule has 4 heterocycles. The fourth-order valence-corrected chi connectivity index (χ4v) is 5.70. The summed E-state index contributed by atoms with van der Waals surface area (Å²) in [7, 11) is 0. The van der Waals surface area contributed by atoms with Crippen molar-refractivity contribution >= 4 is 34.1 Å². The first kappa shape index (κ1) is 24.9. The van der Waals surface area contributed by atoms with Crippen LogP contribution in [0.25, 0.3) is 27.8 Å². The van der Waals surface area contributed by atoms with Crippen molar-refractivity contribution < 1.29 is 4.39 Å². The standard InChI is InChI=1S/C29H26ClFN8O/c1-16(2)38-14-18(12-34-38)24-25-20(27(40)39(37-24)26-22(30)4-3-5-23(26)31)13-33-28(36-25)35-19-6-7-21-17(10-19)11-32-15-29(21)8-9-29/h3-7,10,12-14,16,32H,8-9,11,15H2,1-2H3,(H,33,35,36). The summed E-state index contributed by atoms with van der Waals surface area (Å²) in [6.07, 6.45) is 7.34. The summed E-state index contributed by atoms with van der Waals surface area (Å²) in [5.74, 6) is -0.350. The van der Waals surface area contributed by atoms with E-state index in [1.807, 2.05) is 26.1 Å². The third-order valence-electron chi connectivity index (χ3n) is 7.75. The van der Waals surface area contributed by atoms with Gasteiger partial charge in [0.1, 0.15) is 16.9 Å². The molecule has 0 radical (unpaired) electrons. The van der Waals surface area contributed by atoms with Crippen LogP contribution in [0, 0.1) is 5.82 Å². The second-order valence-electron chi connectivity index (χ2n) is 10.8. The summed E-state index contributed by atoms with van der Waals surface area (Å²) in [6.45, 7) is 5.86. The van der Waals surface area contributed by atoms with Gasteiger partial charge >= 0.3 is 0 Å². The first-order valence-electron chi connectivity index (χ1n) is 13.2. The predicted molar refractivity (Wildman–Crippen MR) is 152 cm³/mol. The molecule has 202 valence electrons. The van der Waals surface area contributed by atoms with Crippen molar-refractivity contribution in [1.29, 1.82) is 0 Å². The van der Waals surface area contributed by atoms with Gasteiger partial charge in [-0.05, 0) is 62.1 Å². The van der Waals surface area contributed by atoms with Gasteiger partial charge in [-0.15, -0.1) is 0 Å². The molecule has 3 aromatic heterocycles. The van der Waals surface area contributed by atoms with Gasteiger partial charge in [-0.25, -0.2) is 14.4 Å². The molecule has 0 bridgehead atoms. The van der Waals surface area contributed by atoms with E-state index in [-0.39, 0.29) is 27.6 Å². The van der Waals surface area contributed by atoms with Crippen LogP contribution >= 0.6 is 11.6 Å². The van der Waals surface area contributed by atoms with Gasteiger partial charge < -0.3 is 10.6 Å². The minimum absolute atomic E-state index is 0.0619. The Morgan fingerprint density at radius 2 is 2.02 bits per heavy atom. The molecular weight excluding hydrogens is 531 g/mol. The SMILES string of the molecule is CC(C)n1cc(-c2nn(-c3c(F)cccc3Cl)c(=O)c3cnc(Nc4ccc5c(c4)CNCC54CC4)nc23)cn1. The molecule has 0 atom stereocenters. The van der Waals surface area contributed by atoms with Crippen LogP contribution in [0.3, 0.4) is 0 Å². The number of nitrogens with zero attached hydrogens (tertiary/aromatic N) is 6. The largest absolute Gasteiger partial charge is 0.324 e. The van der Waals surface area contributed by atoms with E-state index in [2.05, 4.69) is 37.9 Å². The maximum atomic E-state index is 14.9. The van der Waals surface area contributed by atoms with E-state index >= 15 is 0 Å². The summed E-state index contributed by atoms with van der Waals surface area (Å²) in [6, 6.07) is 10.7. The van der Waals surface area contributed by atoms with Gasteiger partial charge in [0.05, 0.1) is 16.6 Å². The molecule has 2 N–H and O–H groups in total. The molecule has 1 spiro atoms. The summed E-state index contributed by atoms with van der Waals surface area (Å²) in [4.78, 5) is 22.7. The van der Waals surface area contributed by atoms with Crippen LogP contribution in [0.5, 0.6) is 0 Å². The Morgan fingerprint density at radius 3 is 2.77 bits per heavy atom. The highest BCUT2D eigenvalue weighted by atomic mass is 35.5. The van der Waals surface area contributed by atoms with Crippen LogP contribution in [-0.2, 0) is 12.0 Å². The lowest BCUT2D eigenvalue weighted by molar-refractivity contribution is 0.531. The minimum Gasteiger partial charge on any atom is -0.324 e. The fraction of sp³-hybridized carbons (Fsp3) is 0.276. The van der Waals surface area contributed by atoms with Crippen LogP contribution in [0.15, 0.2) is 59.8 Å². The average Bonchev–Trinajstić information content (AvgIpc) is 3.52. The third kappa shape index (κ3) is 4.06. The molecule has 0 saturated heterocycles. The number of benzene rings is 2. The first-order chi connectivity index (χ1) is 19.3. The zero-order valence-electron chi connectivity index (χ0n) is 21.9. The quantitative estimate of drug-likeness (QED) is 0.303. The molecule has 2 aromatic carbocycles. The van der Waals surface area contributed by atoms with Gasteiger partial charge in [-0.2, -0.15) is 14.9 Å². The van der Waals surface area contributed by atoms with Crippen molar-refractivity contribution in [3.63, 3.8) is 0 Å². The van der Waals surface area contributed by atoms with Gasteiger partial charge in [-0.3, -0.25) is 9.48 Å². The van der Waals surface area contributed by atoms with Crippen molar-refractivity contribution in [3.05, 3.63) is 87.3 Å². The summed E-state index contributed by atoms with van der Waals surface area (Å²) in [5, 5.41) is 16.1. The van der Waals surface area contributed by atoms with Gasteiger partial charge in [0, 0.05) is 48.2 Å². The van der Waals surface area contributed by atoms with Crippen molar-refractivity contribution in [1.82, 2.24) is 34.8 Å². The molecule has 7 rings (SSSR count). The van der Waals surface area contributed by atoms with Crippen LogP contribution in [-0.4, -0.2) is 36.1 Å².